The normalized spacial score (nSPS) is 38.2. The summed E-state index contributed by atoms with van der Waals surface area (Å²) in [6, 6.07) is 0. The maximum absolute atomic E-state index is 5.95. The molecule has 88 valence electrons. The minimum Gasteiger partial charge on any atom is -0.314 e. The van der Waals surface area contributed by atoms with E-state index in [-0.39, 0.29) is 0 Å². The Morgan fingerprint density at radius 3 is 2.13 bits per heavy atom. The van der Waals surface area contributed by atoms with Crippen LogP contribution in [-0.2, 0) is 4.52 Å². The van der Waals surface area contributed by atoms with Crippen molar-refractivity contribution in [2.45, 2.75) is 0 Å². The average Bonchev–Trinajstić information content (AvgIpc) is 2.25. The van der Waals surface area contributed by atoms with E-state index < -0.39 is 19.4 Å². The number of halogens is 4. The smallest absolute Gasteiger partial charge is 0.281 e. The Labute approximate surface area is 107 Å². The van der Waals surface area contributed by atoms with E-state index in [2.05, 4.69) is 13.5 Å². The first-order chi connectivity index (χ1) is 6.75. The fourth-order valence-corrected chi connectivity index (χ4v) is 16.2. The lowest BCUT2D eigenvalue weighted by Gasteiger charge is -2.26. The fourth-order valence-electron chi connectivity index (χ4n) is 1.18. The molecule has 0 unspecified atom stereocenters. The Hall–Kier alpha value is 1.77. The summed E-state index contributed by atoms with van der Waals surface area (Å²) >= 11 is 23.8. The molecule has 2 aliphatic heterocycles. The molecule has 1 atom stereocenters. The van der Waals surface area contributed by atoms with Crippen LogP contribution >= 0.6 is 64.4 Å². The van der Waals surface area contributed by atoms with Crippen molar-refractivity contribution in [3.05, 3.63) is 0 Å². The van der Waals surface area contributed by atoms with E-state index in [4.69, 9.17) is 49.5 Å². The van der Waals surface area contributed by atoms with Crippen LogP contribution < -0.4 is 0 Å². The minimum absolute atomic E-state index is 0.527. The first-order valence-corrected chi connectivity index (χ1v) is 12.4. The first kappa shape index (κ1) is 13.2. The molecule has 0 aromatic carbocycles. The molecule has 0 aromatic heterocycles. The fraction of sp³-hybridized carbons (Fsp3) is 1.00. The van der Waals surface area contributed by atoms with E-state index in [9.17, 15) is 0 Å². The Morgan fingerprint density at radius 2 is 1.67 bits per heavy atom. The van der Waals surface area contributed by atoms with Crippen molar-refractivity contribution < 1.29 is 4.52 Å². The van der Waals surface area contributed by atoms with Crippen molar-refractivity contribution in [2.75, 3.05) is 20.2 Å². The zero-order valence-corrected chi connectivity index (χ0v) is 13.2. The van der Waals surface area contributed by atoms with Crippen LogP contribution in [0.1, 0.15) is 0 Å². The highest BCUT2D eigenvalue weighted by molar-refractivity contribution is 8.20. The lowest BCUT2D eigenvalue weighted by Crippen LogP contribution is -2.08. The second-order valence-corrected chi connectivity index (χ2v) is 15.5. The lowest BCUT2D eigenvalue weighted by molar-refractivity contribution is 0.390. The summed E-state index contributed by atoms with van der Waals surface area (Å²) in [5.74, 6) is -5.68. The quantitative estimate of drug-likeness (QED) is 0.522. The summed E-state index contributed by atoms with van der Waals surface area (Å²) < 4.78 is 19.7. The summed E-state index contributed by atoms with van der Waals surface area (Å²) in [6.45, 7) is 1.24. The van der Waals surface area contributed by atoms with Crippen LogP contribution in [0.5, 0.6) is 0 Å². The van der Waals surface area contributed by atoms with Crippen LogP contribution in [0.2, 0.25) is 0 Å². The Morgan fingerprint density at radius 1 is 1.07 bits per heavy atom. The second kappa shape index (κ2) is 4.16. The molecule has 2 aliphatic rings. The van der Waals surface area contributed by atoms with Gasteiger partial charge in [-0.25, -0.2) is 4.67 Å². The highest BCUT2D eigenvalue weighted by Crippen LogP contribution is 2.86. The molecule has 0 aliphatic carbocycles. The van der Waals surface area contributed by atoms with Gasteiger partial charge in [0.15, 0.2) is 0 Å². The van der Waals surface area contributed by atoms with Crippen LogP contribution in [0, 0.1) is 0 Å². The van der Waals surface area contributed by atoms with E-state index >= 15 is 0 Å². The molecule has 2 heterocycles. The standard InChI is InChI=1S/C3H7Cl4N4OP3/c1-11-2-3-12-15(11)9-13(4,5)8-14(6,7)10-15/h2-3H2,1H3. The number of rotatable bonds is 0. The number of likely N-dealkylation sites (N-methyl/N-ethyl adjacent to an activating group) is 1. The average molecular weight is 350 g/mol. The summed E-state index contributed by atoms with van der Waals surface area (Å²) in [5, 5.41) is 0. The van der Waals surface area contributed by atoms with Gasteiger partial charge < -0.3 is 4.52 Å². The van der Waals surface area contributed by atoms with E-state index in [0.29, 0.717) is 13.2 Å². The second-order valence-electron chi connectivity index (χ2n) is 2.91. The Bertz CT molecular complexity index is 443. The van der Waals surface area contributed by atoms with Gasteiger partial charge in [0.25, 0.3) is 19.4 Å². The van der Waals surface area contributed by atoms with Crippen LogP contribution in [0.3, 0.4) is 0 Å². The molecule has 1 spiro atoms. The predicted octanol–water partition coefficient (Wildman–Crippen LogP) is 5.76. The molecule has 0 N–H and O–H groups in total. The molecule has 0 radical (unpaired) electrons. The number of hydrogen-bond acceptors (Lipinski definition) is 5. The number of nitrogens with zero attached hydrogens (tertiary/aromatic N) is 4. The van der Waals surface area contributed by atoms with Gasteiger partial charge in [0.2, 0.25) is 0 Å². The zero-order chi connectivity index (χ0) is 11.3. The van der Waals surface area contributed by atoms with Gasteiger partial charge in [0.1, 0.15) is 0 Å². The number of hydrogen-bond donors (Lipinski definition) is 0. The molecule has 2 rings (SSSR count). The third-order valence-corrected chi connectivity index (χ3v) is 13.6. The molecule has 15 heavy (non-hydrogen) atoms. The Balaban J connectivity index is 2.67. The van der Waals surface area contributed by atoms with Gasteiger partial charge in [0.05, 0.1) is 6.61 Å². The summed E-state index contributed by atoms with van der Waals surface area (Å²) in [7, 11) is -0.680. The van der Waals surface area contributed by atoms with Gasteiger partial charge in [-0.05, 0) is 52.0 Å². The molecule has 0 saturated carbocycles. The molecule has 1 saturated heterocycles. The SMILES string of the molecule is CN1CCO[P@@]12=NP(Cl)(Cl)=NP(Cl)(Cl)=N2. The summed E-state index contributed by atoms with van der Waals surface area (Å²) in [4.78, 5) is 0. The topological polar surface area (TPSA) is 49.5 Å². The molecule has 0 aromatic rings. The van der Waals surface area contributed by atoms with E-state index in [0.717, 1.165) is 0 Å². The first-order valence-electron chi connectivity index (χ1n) is 3.81. The van der Waals surface area contributed by atoms with Gasteiger partial charge in [0, 0.05) is 6.54 Å². The van der Waals surface area contributed by atoms with Crippen LogP contribution in [0.15, 0.2) is 13.5 Å². The van der Waals surface area contributed by atoms with Crippen molar-refractivity contribution in [1.82, 2.24) is 4.67 Å². The predicted molar refractivity (Wildman–Crippen MR) is 70.0 cm³/mol. The molecular formula is C3H7Cl4N4OP3. The van der Waals surface area contributed by atoms with E-state index in [1.54, 1.807) is 0 Å². The van der Waals surface area contributed by atoms with E-state index in [1.165, 1.54) is 0 Å². The third-order valence-electron chi connectivity index (χ3n) is 1.79. The minimum atomic E-state index is -2.84. The van der Waals surface area contributed by atoms with Crippen molar-refractivity contribution in [3.8, 4) is 0 Å². The van der Waals surface area contributed by atoms with Crippen LogP contribution in [-0.4, -0.2) is 24.9 Å². The highest BCUT2D eigenvalue weighted by atomic mass is 35.9. The molecular weight excluding hydrogens is 343 g/mol. The molecule has 12 heteroatoms. The molecule has 5 nitrogen and oxygen atoms in total. The van der Waals surface area contributed by atoms with Crippen molar-refractivity contribution >= 4 is 64.4 Å². The van der Waals surface area contributed by atoms with E-state index in [1.807, 2.05) is 11.7 Å². The summed E-state index contributed by atoms with van der Waals surface area (Å²) in [6.07, 6.45) is 0. The third kappa shape index (κ3) is 2.78. The van der Waals surface area contributed by atoms with Crippen LogP contribution in [0.4, 0.5) is 0 Å². The Kier molecular flexibility index (Phi) is 3.66. The maximum atomic E-state index is 5.95. The van der Waals surface area contributed by atoms with Gasteiger partial charge in [-0.1, -0.05) is 0 Å². The maximum Gasteiger partial charge on any atom is 0.281 e. The van der Waals surface area contributed by atoms with Crippen molar-refractivity contribution in [2.24, 2.45) is 13.5 Å². The lowest BCUT2D eigenvalue weighted by atomic mass is 10.7. The van der Waals surface area contributed by atoms with Gasteiger partial charge in [-0.3, -0.25) is 0 Å². The zero-order valence-electron chi connectivity index (χ0n) is 7.46. The van der Waals surface area contributed by atoms with Gasteiger partial charge in [-0.15, -0.1) is 0 Å². The molecule has 1 fully saturated rings. The monoisotopic (exact) mass is 348 g/mol. The van der Waals surface area contributed by atoms with Crippen LogP contribution in [0.25, 0.3) is 0 Å². The summed E-state index contributed by atoms with van der Waals surface area (Å²) in [5.41, 5.74) is 0. The largest absolute Gasteiger partial charge is 0.314 e. The van der Waals surface area contributed by atoms with Crippen molar-refractivity contribution in [1.29, 1.82) is 0 Å². The van der Waals surface area contributed by atoms with Gasteiger partial charge in [-0.2, -0.15) is 13.5 Å². The molecule has 0 bridgehead atoms. The van der Waals surface area contributed by atoms with Gasteiger partial charge >= 0.3 is 0 Å². The van der Waals surface area contributed by atoms with Crippen molar-refractivity contribution in [3.63, 3.8) is 0 Å². The molecule has 0 amide bonds. The highest BCUT2D eigenvalue weighted by Gasteiger charge is 2.40.